The number of benzene rings is 2. The molecule has 0 radical (unpaired) electrons. The largest absolute Gasteiger partial charge is 0.345 e. The summed E-state index contributed by atoms with van der Waals surface area (Å²) in [4.78, 5) is 39.1. The molecule has 2 atom stereocenters. The van der Waals surface area contributed by atoms with Crippen LogP contribution in [0.2, 0.25) is 0 Å². The van der Waals surface area contributed by atoms with E-state index >= 15 is 0 Å². The lowest BCUT2D eigenvalue weighted by Gasteiger charge is -2.33. The van der Waals surface area contributed by atoms with Crippen molar-refractivity contribution < 1.29 is 14.4 Å². The van der Waals surface area contributed by atoms with Gasteiger partial charge in [-0.15, -0.1) is 0 Å². The second-order valence-electron chi connectivity index (χ2n) is 8.01. The number of para-hydroxylation sites is 1. The molecule has 2 aromatic rings. The average Bonchev–Trinajstić information content (AvgIpc) is 2.98. The van der Waals surface area contributed by atoms with Crippen molar-refractivity contribution in [1.29, 1.82) is 0 Å². The summed E-state index contributed by atoms with van der Waals surface area (Å²) in [5.41, 5.74) is 2.20. The molecule has 150 valence electrons. The first kappa shape index (κ1) is 19.1. The van der Waals surface area contributed by atoms with E-state index in [4.69, 9.17) is 0 Å². The summed E-state index contributed by atoms with van der Waals surface area (Å²) in [5.74, 6) is -0.708. The second-order valence-corrected chi connectivity index (χ2v) is 8.01. The summed E-state index contributed by atoms with van der Waals surface area (Å²) >= 11 is 0. The first-order valence-corrected chi connectivity index (χ1v) is 9.65. The molecule has 0 unspecified atom stereocenters. The van der Waals surface area contributed by atoms with Gasteiger partial charge >= 0.3 is 0 Å². The molecule has 2 heterocycles. The molecule has 7 heteroatoms. The molecule has 1 saturated heterocycles. The predicted octanol–water partition coefficient (Wildman–Crippen LogP) is 2.22. The van der Waals surface area contributed by atoms with Crippen LogP contribution in [0.4, 0.5) is 11.4 Å². The topological polar surface area (TPSA) is 90.5 Å². The fourth-order valence-electron chi connectivity index (χ4n) is 4.21. The van der Waals surface area contributed by atoms with E-state index in [1.54, 1.807) is 24.3 Å². The molecule has 2 aliphatic rings. The van der Waals surface area contributed by atoms with E-state index in [0.717, 1.165) is 11.3 Å². The first-order valence-electron chi connectivity index (χ1n) is 9.65. The molecular formula is C22H24N4O3. The molecule has 2 aromatic carbocycles. The number of anilines is 2. The maximum atomic E-state index is 12.9. The summed E-state index contributed by atoms with van der Waals surface area (Å²) in [5, 5.41) is 8.79. The molecule has 3 amide bonds. The zero-order valence-electron chi connectivity index (χ0n) is 16.5. The van der Waals surface area contributed by atoms with Crippen LogP contribution >= 0.6 is 0 Å². The van der Waals surface area contributed by atoms with Crippen LogP contribution in [0, 0.1) is 5.92 Å². The van der Waals surface area contributed by atoms with Gasteiger partial charge in [-0.1, -0.05) is 24.3 Å². The highest BCUT2D eigenvalue weighted by molar-refractivity contribution is 6.06. The maximum Gasteiger partial charge on any atom is 0.253 e. The lowest BCUT2D eigenvalue weighted by atomic mass is 9.86. The van der Waals surface area contributed by atoms with Gasteiger partial charge in [-0.3, -0.25) is 19.3 Å². The Morgan fingerprint density at radius 2 is 1.90 bits per heavy atom. The highest BCUT2D eigenvalue weighted by Gasteiger charge is 2.49. The zero-order valence-corrected chi connectivity index (χ0v) is 16.5. The van der Waals surface area contributed by atoms with E-state index in [0.29, 0.717) is 30.9 Å². The van der Waals surface area contributed by atoms with Gasteiger partial charge in [-0.25, -0.2) is 0 Å². The van der Waals surface area contributed by atoms with Crippen molar-refractivity contribution in [2.45, 2.75) is 25.9 Å². The molecule has 2 aliphatic heterocycles. The lowest BCUT2D eigenvalue weighted by Crippen LogP contribution is -2.56. The molecule has 1 fully saturated rings. The van der Waals surface area contributed by atoms with E-state index in [1.807, 2.05) is 31.2 Å². The number of hydrogen-bond donors (Lipinski definition) is 3. The third-order valence-corrected chi connectivity index (χ3v) is 5.59. The van der Waals surface area contributed by atoms with Crippen molar-refractivity contribution in [3.05, 3.63) is 59.7 Å². The Balaban J connectivity index is 1.51. The van der Waals surface area contributed by atoms with Gasteiger partial charge in [0.05, 0.1) is 22.7 Å². The van der Waals surface area contributed by atoms with Crippen LogP contribution in [0.1, 0.15) is 29.8 Å². The van der Waals surface area contributed by atoms with E-state index in [9.17, 15) is 14.4 Å². The van der Waals surface area contributed by atoms with Crippen molar-refractivity contribution in [3.63, 3.8) is 0 Å². The Bertz CT molecular complexity index is 972. The van der Waals surface area contributed by atoms with Crippen molar-refractivity contribution in [1.82, 2.24) is 10.2 Å². The molecule has 3 N–H and O–H groups in total. The molecule has 0 spiro atoms. The predicted molar refractivity (Wildman–Crippen MR) is 110 cm³/mol. The number of nitrogens with zero attached hydrogens (tertiary/aromatic N) is 1. The lowest BCUT2D eigenvalue weighted by molar-refractivity contribution is -0.121. The van der Waals surface area contributed by atoms with Crippen LogP contribution in [0.5, 0.6) is 0 Å². The first-order chi connectivity index (χ1) is 13.8. The minimum atomic E-state index is -0.648. The van der Waals surface area contributed by atoms with E-state index in [2.05, 4.69) is 20.9 Å². The van der Waals surface area contributed by atoms with Crippen LogP contribution in [-0.2, 0) is 16.1 Å². The highest BCUT2D eigenvalue weighted by Crippen LogP contribution is 2.33. The van der Waals surface area contributed by atoms with Gasteiger partial charge in [0.15, 0.2) is 0 Å². The maximum absolute atomic E-state index is 12.9. The third-order valence-electron chi connectivity index (χ3n) is 5.59. The van der Waals surface area contributed by atoms with Crippen molar-refractivity contribution >= 4 is 29.1 Å². The van der Waals surface area contributed by atoms with Gasteiger partial charge in [-0.2, -0.15) is 0 Å². The summed E-state index contributed by atoms with van der Waals surface area (Å²) < 4.78 is 0. The van der Waals surface area contributed by atoms with Crippen molar-refractivity contribution in [2.24, 2.45) is 5.92 Å². The fourth-order valence-corrected chi connectivity index (χ4v) is 4.21. The standard InChI is InChI=1S/C22H24N4O3/c1-14(27)23-16-9-7-15(8-10-16)11-26-12-18-21(29)24-19-6-4-3-5-17(19)20(28)25-22(18,2)13-26/h3-10,18H,11-13H2,1-2H3,(H,23,27)(H,24,29)(H,25,28)/t18-,22-/m0/s1. The Labute approximate surface area is 169 Å². The summed E-state index contributed by atoms with van der Waals surface area (Å²) in [6, 6.07) is 14.7. The number of nitrogens with one attached hydrogen (secondary N) is 3. The number of hydrogen-bond acceptors (Lipinski definition) is 4. The van der Waals surface area contributed by atoms with Gasteiger partial charge in [-0.05, 0) is 36.8 Å². The van der Waals surface area contributed by atoms with Crippen LogP contribution in [0.3, 0.4) is 0 Å². The molecule has 0 aromatic heterocycles. The van der Waals surface area contributed by atoms with Gasteiger partial charge in [0, 0.05) is 32.2 Å². The number of likely N-dealkylation sites (tertiary alicyclic amines) is 1. The third kappa shape index (κ3) is 3.86. The van der Waals surface area contributed by atoms with E-state index in [-0.39, 0.29) is 23.6 Å². The molecule has 29 heavy (non-hydrogen) atoms. The Morgan fingerprint density at radius 3 is 2.62 bits per heavy atom. The van der Waals surface area contributed by atoms with Crippen LogP contribution < -0.4 is 16.0 Å². The number of rotatable bonds is 3. The van der Waals surface area contributed by atoms with Crippen LogP contribution in [-0.4, -0.2) is 41.2 Å². The quantitative estimate of drug-likeness (QED) is 0.747. The van der Waals surface area contributed by atoms with Crippen LogP contribution in [0.25, 0.3) is 0 Å². The van der Waals surface area contributed by atoms with E-state index in [1.165, 1.54) is 6.92 Å². The molecule has 0 bridgehead atoms. The number of amides is 3. The summed E-state index contributed by atoms with van der Waals surface area (Å²) in [6.45, 7) is 5.19. The number of carbonyl (C=O) groups excluding carboxylic acids is 3. The van der Waals surface area contributed by atoms with Crippen LogP contribution in [0.15, 0.2) is 48.5 Å². The fraction of sp³-hybridized carbons (Fsp3) is 0.318. The Morgan fingerprint density at radius 1 is 1.17 bits per heavy atom. The SMILES string of the molecule is CC(=O)Nc1ccc(CN2C[C@H]3C(=O)Nc4ccccc4C(=O)N[C@@]3(C)C2)cc1. The van der Waals surface area contributed by atoms with E-state index < -0.39 is 5.54 Å². The zero-order chi connectivity index (χ0) is 20.6. The van der Waals surface area contributed by atoms with Gasteiger partial charge in [0.2, 0.25) is 11.8 Å². The highest BCUT2D eigenvalue weighted by atomic mass is 16.2. The Hall–Kier alpha value is -3.19. The van der Waals surface area contributed by atoms with Gasteiger partial charge in [0.25, 0.3) is 5.91 Å². The number of carbonyl (C=O) groups is 3. The molecule has 4 rings (SSSR count). The average molecular weight is 392 g/mol. The summed E-state index contributed by atoms with van der Waals surface area (Å²) in [6.07, 6.45) is 0. The molecule has 7 nitrogen and oxygen atoms in total. The van der Waals surface area contributed by atoms with Gasteiger partial charge < -0.3 is 16.0 Å². The summed E-state index contributed by atoms with van der Waals surface area (Å²) in [7, 11) is 0. The normalized spacial score (nSPS) is 23.9. The molecule has 0 aliphatic carbocycles. The molecular weight excluding hydrogens is 368 g/mol. The second kappa shape index (κ2) is 7.33. The monoisotopic (exact) mass is 392 g/mol. The van der Waals surface area contributed by atoms with Crippen molar-refractivity contribution in [2.75, 3.05) is 23.7 Å². The minimum absolute atomic E-state index is 0.0801. The minimum Gasteiger partial charge on any atom is -0.345 e. The van der Waals surface area contributed by atoms with Gasteiger partial charge in [0.1, 0.15) is 0 Å². The van der Waals surface area contributed by atoms with Crippen molar-refractivity contribution in [3.8, 4) is 0 Å². The number of fused-ring (bicyclic) bond motifs is 2. The molecule has 0 saturated carbocycles. The smallest absolute Gasteiger partial charge is 0.253 e. The Kier molecular flexibility index (Phi) is 4.84.